The van der Waals surface area contributed by atoms with Gasteiger partial charge in [-0.05, 0) is 18.2 Å². The van der Waals surface area contributed by atoms with E-state index >= 15 is 0 Å². The number of aliphatic hydroxyl groups is 1. The number of aromatic nitrogens is 1. The predicted molar refractivity (Wildman–Crippen MR) is 97.2 cm³/mol. The van der Waals surface area contributed by atoms with Crippen LogP contribution in [0.2, 0.25) is 0 Å². The Labute approximate surface area is 180 Å². The van der Waals surface area contributed by atoms with Crippen LogP contribution >= 0.6 is 0 Å². The minimum Gasteiger partial charge on any atom is -0.434 e. The molecule has 0 saturated carbocycles. The molecule has 1 aliphatic rings. The fraction of sp³-hybridized carbons (Fsp3) is 0.278. The lowest BCUT2D eigenvalue weighted by Crippen LogP contribution is -2.72. The number of nitrogens with one attached hydrogen (secondary N) is 2. The summed E-state index contributed by atoms with van der Waals surface area (Å²) in [6.45, 7) is -3.50. The molecule has 0 unspecified atom stereocenters. The molecular weight excluding hydrogens is 463 g/mol. The monoisotopic (exact) mass is 476 g/mol. The van der Waals surface area contributed by atoms with Crippen LogP contribution in [0, 0.1) is 16.0 Å². The van der Waals surface area contributed by atoms with Gasteiger partial charge in [0.1, 0.15) is 11.7 Å². The Hall–Kier alpha value is -3.88. The molecule has 3 rings (SSSR count). The Morgan fingerprint density at radius 2 is 2.00 bits per heavy atom. The van der Waals surface area contributed by atoms with Crippen LogP contribution in [0.15, 0.2) is 42.7 Å². The van der Waals surface area contributed by atoms with E-state index in [1.165, 1.54) is 17.6 Å². The third-order valence-electron chi connectivity index (χ3n) is 4.79. The number of hydrogen-bond acceptors (Lipinski definition) is 7. The first kappa shape index (κ1) is 23.8. The van der Waals surface area contributed by atoms with Crippen molar-refractivity contribution >= 4 is 17.5 Å². The topological polar surface area (TPSA) is 144 Å². The molecule has 0 aliphatic carbocycles. The molecule has 2 amide bonds. The number of carbonyl (C=O) groups is 2. The van der Waals surface area contributed by atoms with E-state index in [1.807, 2.05) is 5.32 Å². The Morgan fingerprint density at radius 1 is 1.30 bits per heavy atom. The minimum atomic E-state index is -5.63. The fourth-order valence-corrected chi connectivity index (χ4v) is 3.38. The largest absolute Gasteiger partial charge is 0.437 e. The van der Waals surface area contributed by atoms with Gasteiger partial charge in [-0.25, -0.2) is 4.79 Å². The van der Waals surface area contributed by atoms with Crippen molar-refractivity contribution in [1.29, 1.82) is 0 Å². The number of halogens is 5. The highest BCUT2D eigenvalue weighted by molar-refractivity contribution is 6.00. The molecule has 0 bridgehead atoms. The number of amides is 2. The van der Waals surface area contributed by atoms with E-state index in [4.69, 9.17) is 0 Å². The van der Waals surface area contributed by atoms with Crippen LogP contribution in [0.3, 0.4) is 0 Å². The van der Waals surface area contributed by atoms with Crippen molar-refractivity contribution in [2.24, 2.45) is 5.92 Å². The highest BCUT2D eigenvalue weighted by Gasteiger charge is 2.66. The summed E-state index contributed by atoms with van der Waals surface area (Å²) < 4.78 is 71.8. The number of nitro benzene ring substituents is 1. The molecule has 33 heavy (non-hydrogen) atoms. The van der Waals surface area contributed by atoms with Gasteiger partial charge in [-0.1, -0.05) is 0 Å². The molecule has 0 radical (unpaired) electrons. The molecule has 1 fully saturated rings. The van der Waals surface area contributed by atoms with Gasteiger partial charge < -0.3 is 20.5 Å². The highest BCUT2D eigenvalue weighted by Crippen LogP contribution is 2.46. The van der Waals surface area contributed by atoms with Crippen LogP contribution in [0.25, 0.3) is 0 Å². The normalized spacial score (nSPS) is 22.9. The average Bonchev–Trinajstić information content (AvgIpc) is 2.72. The quantitative estimate of drug-likeness (QED) is 0.252. The Morgan fingerprint density at radius 3 is 2.55 bits per heavy atom. The van der Waals surface area contributed by atoms with Crippen LogP contribution in [0.4, 0.5) is 32.4 Å². The van der Waals surface area contributed by atoms with Gasteiger partial charge in [-0.15, -0.1) is 0 Å². The number of alkyl halides is 5. The standard InChI is InChI=1S/C18H13F5N4O6/c19-15(20)33-11-4-3-9(27(31)32)6-10(11)13-12(14(28)8-2-1-5-24-7-8)17(30,18(21,22)23)26-16(29)25-13/h1-7,12-13,15,30H,(H2,25,26,29)/t12-,13+,17+/m1/s1. The lowest BCUT2D eigenvalue weighted by atomic mass is 9.77. The Bertz CT molecular complexity index is 1080. The summed E-state index contributed by atoms with van der Waals surface area (Å²) in [4.78, 5) is 38.9. The summed E-state index contributed by atoms with van der Waals surface area (Å²) in [7, 11) is 0. The number of nitrogens with zero attached hydrogens (tertiary/aromatic N) is 2. The molecule has 1 aliphatic heterocycles. The Balaban J connectivity index is 2.27. The number of carbonyl (C=O) groups excluding carboxylic acids is 2. The zero-order chi connectivity index (χ0) is 24.6. The van der Waals surface area contributed by atoms with Crippen LogP contribution in [0.1, 0.15) is 22.0 Å². The summed E-state index contributed by atoms with van der Waals surface area (Å²) >= 11 is 0. The summed E-state index contributed by atoms with van der Waals surface area (Å²) in [5, 5.41) is 24.9. The lowest BCUT2D eigenvalue weighted by molar-refractivity contribution is -0.385. The second-order valence-electron chi connectivity index (χ2n) is 6.78. The van der Waals surface area contributed by atoms with E-state index in [9.17, 15) is 46.8 Å². The second kappa shape index (κ2) is 8.57. The van der Waals surface area contributed by atoms with Gasteiger partial charge in [0.05, 0.1) is 11.0 Å². The van der Waals surface area contributed by atoms with E-state index in [2.05, 4.69) is 9.72 Å². The molecule has 1 aromatic carbocycles. The van der Waals surface area contributed by atoms with Crippen molar-refractivity contribution in [3.63, 3.8) is 0 Å². The van der Waals surface area contributed by atoms with Crippen molar-refractivity contribution in [2.75, 3.05) is 0 Å². The number of pyridine rings is 1. The summed E-state index contributed by atoms with van der Waals surface area (Å²) in [6, 6.07) is 0.459. The smallest absolute Gasteiger partial charge is 0.434 e. The number of ether oxygens (including phenoxy) is 1. The number of Topliss-reactive ketones (excluding diaryl/α,β-unsaturated/α-hetero) is 1. The number of hydrogen-bond donors (Lipinski definition) is 3. The van der Waals surface area contributed by atoms with Gasteiger partial charge in [0.15, 0.2) is 5.78 Å². The van der Waals surface area contributed by atoms with Crippen LogP contribution in [-0.2, 0) is 0 Å². The van der Waals surface area contributed by atoms with Crippen molar-refractivity contribution in [1.82, 2.24) is 15.6 Å². The van der Waals surface area contributed by atoms with Crippen molar-refractivity contribution in [3.05, 3.63) is 64.0 Å². The number of ketones is 1. The molecule has 2 aromatic rings. The molecule has 15 heteroatoms. The van der Waals surface area contributed by atoms with E-state index in [0.717, 1.165) is 18.3 Å². The van der Waals surface area contributed by atoms with Gasteiger partial charge in [-0.2, -0.15) is 22.0 Å². The van der Waals surface area contributed by atoms with Gasteiger partial charge in [0.25, 0.3) is 5.69 Å². The first-order valence-corrected chi connectivity index (χ1v) is 8.90. The van der Waals surface area contributed by atoms with Crippen LogP contribution < -0.4 is 15.4 Å². The van der Waals surface area contributed by atoms with Crippen molar-refractivity contribution in [2.45, 2.75) is 24.6 Å². The van der Waals surface area contributed by atoms with Gasteiger partial charge in [0, 0.05) is 35.7 Å². The zero-order valence-electron chi connectivity index (χ0n) is 16.0. The summed E-state index contributed by atoms with van der Waals surface area (Å²) in [5.41, 5.74) is -6.12. The lowest BCUT2D eigenvalue weighted by Gasteiger charge is -2.45. The minimum absolute atomic E-state index is 0.421. The third-order valence-corrected chi connectivity index (χ3v) is 4.79. The molecule has 1 aromatic heterocycles. The fourth-order valence-electron chi connectivity index (χ4n) is 3.38. The maximum atomic E-state index is 13.9. The molecule has 176 valence electrons. The molecule has 1 saturated heterocycles. The molecule has 2 heterocycles. The molecule has 10 nitrogen and oxygen atoms in total. The zero-order valence-corrected chi connectivity index (χ0v) is 16.0. The maximum Gasteiger partial charge on any atom is 0.437 e. The number of benzene rings is 1. The second-order valence-corrected chi connectivity index (χ2v) is 6.78. The van der Waals surface area contributed by atoms with Gasteiger partial charge in [0.2, 0.25) is 5.72 Å². The summed E-state index contributed by atoms with van der Waals surface area (Å²) in [5.74, 6) is -4.87. The van der Waals surface area contributed by atoms with E-state index in [1.54, 1.807) is 0 Å². The Kier molecular flexibility index (Phi) is 6.18. The third kappa shape index (κ3) is 4.52. The molecule has 0 spiro atoms. The number of non-ortho nitro benzene ring substituents is 1. The van der Waals surface area contributed by atoms with E-state index in [-0.39, 0.29) is 0 Å². The van der Waals surface area contributed by atoms with Crippen LogP contribution in [-0.4, -0.2) is 45.3 Å². The predicted octanol–water partition coefficient (Wildman–Crippen LogP) is 2.70. The van der Waals surface area contributed by atoms with E-state index in [0.29, 0.717) is 12.1 Å². The van der Waals surface area contributed by atoms with Gasteiger partial charge in [-0.3, -0.25) is 19.9 Å². The number of nitro groups is 1. The molecule has 3 atom stereocenters. The first-order valence-electron chi connectivity index (χ1n) is 8.90. The number of rotatable bonds is 6. The van der Waals surface area contributed by atoms with Crippen molar-refractivity contribution in [3.8, 4) is 5.75 Å². The maximum absolute atomic E-state index is 13.9. The SMILES string of the molecule is O=C1N[C@@H](c2cc([N+](=O)[O-])ccc2OC(F)F)[C@H](C(=O)c2cccnc2)[C@](O)(C(F)(F)F)N1. The first-order chi connectivity index (χ1) is 15.3. The summed E-state index contributed by atoms with van der Waals surface area (Å²) in [6.07, 6.45) is -3.53. The van der Waals surface area contributed by atoms with Crippen LogP contribution in [0.5, 0.6) is 5.75 Å². The highest BCUT2D eigenvalue weighted by atomic mass is 19.4. The molecular formula is C18H13F5N4O6. The van der Waals surface area contributed by atoms with Crippen molar-refractivity contribution < 1.29 is 46.3 Å². The number of urea groups is 1. The van der Waals surface area contributed by atoms with E-state index < -0.39 is 69.8 Å². The van der Waals surface area contributed by atoms with Gasteiger partial charge >= 0.3 is 18.8 Å². The molecule has 3 N–H and O–H groups in total. The average molecular weight is 476 g/mol.